The lowest BCUT2D eigenvalue weighted by atomic mass is 9.77. The summed E-state index contributed by atoms with van der Waals surface area (Å²) in [6.45, 7) is 3.55. The van der Waals surface area contributed by atoms with E-state index in [0.717, 1.165) is 22.3 Å². The number of hydrogen-bond acceptors (Lipinski definition) is 8. The quantitative estimate of drug-likeness (QED) is 0.254. The van der Waals surface area contributed by atoms with Crippen molar-refractivity contribution in [3.8, 4) is 0 Å². The SMILES string of the molecule is CC1(C)O[C@@H]2[C@H](O1)[C@@H](CO)O[C@H]2c1coc2c(NC(c3ccccc3)(c3ccccc3)c3ccccc3)ncnc12. The topological polar surface area (TPSA) is 98.9 Å². The highest BCUT2D eigenvalue weighted by atomic mass is 16.8. The molecule has 8 heteroatoms. The minimum absolute atomic E-state index is 0.178. The summed E-state index contributed by atoms with van der Waals surface area (Å²) < 4.78 is 24.7. The molecule has 0 spiro atoms. The van der Waals surface area contributed by atoms with Gasteiger partial charge in [0.05, 0.1) is 12.9 Å². The van der Waals surface area contributed by atoms with Crippen LogP contribution in [0.25, 0.3) is 11.1 Å². The van der Waals surface area contributed by atoms with Crippen LogP contribution in [0, 0.1) is 0 Å². The molecule has 5 aromatic rings. The van der Waals surface area contributed by atoms with Gasteiger partial charge in [0.15, 0.2) is 17.2 Å². The summed E-state index contributed by atoms with van der Waals surface area (Å²) in [6.07, 6.45) is 1.33. The Hall–Kier alpha value is -4.08. The van der Waals surface area contributed by atoms with Gasteiger partial charge in [0.2, 0.25) is 0 Å². The van der Waals surface area contributed by atoms with E-state index in [-0.39, 0.29) is 6.61 Å². The van der Waals surface area contributed by atoms with Gasteiger partial charge in [-0.3, -0.25) is 0 Å². The first-order chi connectivity index (χ1) is 20.0. The molecule has 2 N–H and O–H groups in total. The second kappa shape index (κ2) is 10.1. The van der Waals surface area contributed by atoms with Crippen LogP contribution >= 0.6 is 0 Å². The molecule has 0 unspecified atom stereocenters. The number of aromatic nitrogens is 2. The summed E-state index contributed by atoms with van der Waals surface area (Å²) in [5, 5.41) is 13.8. The second-order valence-corrected chi connectivity index (χ2v) is 10.9. The molecule has 0 amide bonds. The van der Waals surface area contributed by atoms with E-state index < -0.39 is 35.7 Å². The van der Waals surface area contributed by atoms with Crippen molar-refractivity contribution < 1.29 is 23.7 Å². The number of aliphatic hydroxyl groups is 1. The molecule has 8 nitrogen and oxygen atoms in total. The maximum atomic E-state index is 9.99. The van der Waals surface area contributed by atoms with Crippen LogP contribution in [0.2, 0.25) is 0 Å². The molecule has 4 heterocycles. The molecule has 2 saturated heterocycles. The summed E-state index contributed by atoms with van der Waals surface area (Å²) in [5.41, 5.74) is 4.18. The van der Waals surface area contributed by atoms with Crippen molar-refractivity contribution in [1.29, 1.82) is 0 Å². The van der Waals surface area contributed by atoms with Gasteiger partial charge < -0.3 is 29.1 Å². The van der Waals surface area contributed by atoms with Gasteiger partial charge in [-0.2, -0.15) is 0 Å². The van der Waals surface area contributed by atoms with Crippen LogP contribution < -0.4 is 5.32 Å². The lowest BCUT2D eigenvalue weighted by Crippen LogP contribution is -2.38. The third-order valence-electron chi connectivity index (χ3n) is 7.94. The fourth-order valence-corrected chi connectivity index (χ4v) is 6.20. The Morgan fingerprint density at radius 2 is 1.37 bits per heavy atom. The second-order valence-electron chi connectivity index (χ2n) is 10.9. The molecule has 208 valence electrons. The summed E-state index contributed by atoms with van der Waals surface area (Å²) >= 11 is 0. The number of anilines is 1. The van der Waals surface area contributed by atoms with Gasteiger partial charge in [-0.15, -0.1) is 0 Å². The van der Waals surface area contributed by atoms with E-state index in [1.807, 2.05) is 68.4 Å². The molecular formula is C33H31N3O5. The van der Waals surface area contributed by atoms with Crippen molar-refractivity contribution in [2.24, 2.45) is 0 Å². The standard InChI is InChI=1S/C33H31N3O5/c1-32(2)40-28-25(18-37)39-27(30(28)41-32)24-19-38-29-26(24)34-20-35-31(29)36-33(21-12-6-3-7-13-21,22-14-8-4-9-15-22)23-16-10-5-11-17-23/h3-17,19-20,25,27-28,30,37H,18H2,1-2H3,(H,34,35,36)/t25-,27+,28-,30+/m1/s1. The Morgan fingerprint density at radius 1 is 0.805 bits per heavy atom. The first kappa shape index (κ1) is 25.9. The van der Waals surface area contributed by atoms with Crippen molar-refractivity contribution in [2.45, 2.75) is 49.6 Å². The number of benzene rings is 3. The van der Waals surface area contributed by atoms with E-state index in [1.165, 1.54) is 6.33 Å². The molecule has 0 saturated carbocycles. The van der Waals surface area contributed by atoms with Crippen molar-refractivity contribution in [3.63, 3.8) is 0 Å². The Balaban J connectivity index is 1.37. The molecular weight excluding hydrogens is 518 g/mol. The predicted octanol–water partition coefficient (Wildman–Crippen LogP) is 5.58. The first-order valence-corrected chi connectivity index (χ1v) is 13.8. The molecule has 4 atom stereocenters. The molecule has 2 aliphatic rings. The number of rotatable bonds is 7. The number of nitrogens with one attached hydrogen (secondary N) is 1. The molecule has 7 rings (SSSR count). The lowest BCUT2D eigenvalue weighted by Gasteiger charge is -2.37. The normalized spacial score (nSPS) is 23.5. The predicted molar refractivity (Wildman–Crippen MR) is 153 cm³/mol. The highest BCUT2D eigenvalue weighted by Gasteiger charge is 2.56. The Morgan fingerprint density at radius 3 is 1.93 bits per heavy atom. The average Bonchev–Trinajstić information content (AvgIpc) is 3.68. The number of ether oxygens (including phenoxy) is 3. The van der Waals surface area contributed by atoms with E-state index in [4.69, 9.17) is 18.6 Å². The van der Waals surface area contributed by atoms with Crippen LogP contribution in [0.15, 0.2) is 108 Å². The fourth-order valence-electron chi connectivity index (χ4n) is 6.20. The number of nitrogens with zero attached hydrogens (tertiary/aromatic N) is 2. The lowest BCUT2D eigenvalue weighted by molar-refractivity contribution is -0.191. The smallest absolute Gasteiger partial charge is 0.194 e. The monoisotopic (exact) mass is 549 g/mol. The minimum atomic E-state index is -0.790. The average molecular weight is 550 g/mol. The number of aliphatic hydroxyl groups excluding tert-OH is 1. The molecule has 41 heavy (non-hydrogen) atoms. The van der Waals surface area contributed by atoms with Gasteiger partial charge in [0.1, 0.15) is 41.8 Å². The van der Waals surface area contributed by atoms with Crippen LogP contribution in [-0.2, 0) is 19.7 Å². The molecule has 0 aliphatic carbocycles. The molecule has 3 aromatic carbocycles. The maximum absolute atomic E-state index is 9.99. The van der Waals surface area contributed by atoms with Crippen LogP contribution in [0.3, 0.4) is 0 Å². The third kappa shape index (κ3) is 4.31. The van der Waals surface area contributed by atoms with E-state index in [2.05, 4.69) is 51.7 Å². The number of furan rings is 1. The van der Waals surface area contributed by atoms with Crippen LogP contribution in [-0.4, -0.2) is 45.8 Å². The molecule has 0 bridgehead atoms. The summed E-state index contributed by atoms with van der Waals surface area (Å²) in [5.74, 6) is -0.248. The Labute approximate surface area is 237 Å². The van der Waals surface area contributed by atoms with Gasteiger partial charge in [-0.1, -0.05) is 91.0 Å². The molecule has 2 aliphatic heterocycles. The summed E-state index contributed by atoms with van der Waals surface area (Å²) in [7, 11) is 0. The Bertz CT molecular complexity index is 1540. The van der Waals surface area contributed by atoms with Crippen molar-refractivity contribution in [1.82, 2.24) is 9.97 Å². The molecule has 2 aromatic heterocycles. The molecule has 0 radical (unpaired) electrons. The van der Waals surface area contributed by atoms with Crippen molar-refractivity contribution >= 4 is 16.9 Å². The van der Waals surface area contributed by atoms with E-state index in [0.29, 0.717) is 16.9 Å². The van der Waals surface area contributed by atoms with Gasteiger partial charge in [0.25, 0.3) is 0 Å². The minimum Gasteiger partial charge on any atom is -0.458 e. The maximum Gasteiger partial charge on any atom is 0.194 e. The van der Waals surface area contributed by atoms with Crippen LogP contribution in [0.1, 0.15) is 42.2 Å². The third-order valence-corrected chi connectivity index (χ3v) is 7.94. The highest BCUT2D eigenvalue weighted by Crippen LogP contribution is 2.47. The zero-order chi connectivity index (χ0) is 28.0. The summed E-state index contributed by atoms with van der Waals surface area (Å²) in [4.78, 5) is 9.29. The number of fused-ring (bicyclic) bond motifs is 2. The van der Waals surface area contributed by atoms with E-state index in [9.17, 15) is 5.11 Å². The van der Waals surface area contributed by atoms with Gasteiger partial charge in [-0.05, 0) is 30.5 Å². The fraction of sp³-hybridized carbons (Fsp3) is 0.273. The van der Waals surface area contributed by atoms with E-state index in [1.54, 1.807) is 6.26 Å². The van der Waals surface area contributed by atoms with E-state index >= 15 is 0 Å². The largest absolute Gasteiger partial charge is 0.458 e. The van der Waals surface area contributed by atoms with Crippen molar-refractivity contribution in [2.75, 3.05) is 11.9 Å². The van der Waals surface area contributed by atoms with Gasteiger partial charge in [-0.25, -0.2) is 9.97 Å². The van der Waals surface area contributed by atoms with Crippen molar-refractivity contribution in [3.05, 3.63) is 126 Å². The van der Waals surface area contributed by atoms with Gasteiger partial charge in [0, 0.05) is 5.56 Å². The zero-order valence-electron chi connectivity index (χ0n) is 22.8. The molecule has 2 fully saturated rings. The number of hydrogen-bond donors (Lipinski definition) is 2. The van der Waals surface area contributed by atoms with Crippen LogP contribution in [0.4, 0.5) is 5.82 Å². The summed E-state index contributed by atoms with van der Waals surface area (Å²) in [6, 6.07) is 30.9. The zero-order valence-corrected chi connectivity index (χ0v) is 22.8. The first-order valence-electron chi connectivity index (χ1n) is 13.8. The Kier molecular flexibility index (Phi) is 6.36. The van der Waals surface area contributed by atoms with Gasteiger partial charge >= 0.3 is 0 Å². The van der Waals surface area contributed by atoms with Crippen LogP contribution in [0.5, 0.6) is 0 Å². The highest BCUT2D eigenvalue weighted by molar-refractivity contribution is 5.87.